The Hall–Kier alpha value is -3.62. The Morgan fingerprint density at radius 3 is 2.50 bits per heavy atom. The number of nitrogens with two attached hydrogens (primary N) is 1. The fraction of sp³-hybridized carbons (Fsp3) is 0.391. The van der Waals surface area contributed by atoms with Gasteiger partial charge in [-0.15, -0.1) is 0 Å². The molecule has 3 aromatic heterocycles. The van der Waals surface area contributed by atoms with Crippen molar-refractivity contribution < 1.29 is 9.59 Å². The number of piperidine rings is 1. The van der Waals surface area contributed by atoms with Crippen LogP contribution in [0.3, 0.4) is 0 Å². The van der Waals surface area contributed by atoms with E-state index in [2.05, 4.69) is 25.2 Å². The molecule has 0 aromatic carbocycles. The summed E-state index contributed by atoms with van der Waals surface area (Å²) in [5.41, 5.74) is 8.11. The van der Waals surface area contributed by atoms with Gasteiger partial charge >= 0.3 is 0 Å². The van der Waals surface area contributed by atoms with Crippen molar-refractivity contribution in [2.24, 2.45) is 5.73 Å². The molecule has 0 radical (unpaired) electrons. The van der Waals surface area contributed by atoms with E-state index in [0.29, 0.717) is 23.2 Å². The van der Waals surface area contributed by atoms with Gasteiger partial charge in [-0.3, -0.25) is 9.59 Å². The molecule has 32 heavy (non-hydrogen) atoms. The molecule has 2 saturated heterocycles. The predicted octanol–water partition coefficient (Wildman–Crippen LogP) is 2.37. The van der Waals surface area contributed by atoms with Gasteiger partial charge in [0.05, 0.1) is 16.8 Å². The number of amides is 2. The van der Waals surface area contributed by atoms with Crippen LogP contribution in [-0.2, 0) is 0 Å². The third-order valence-electron chi connectivity index (χ3n) is 6.60. The molecule has 0 saturated carbocycles. The lowest BCUT2D eigenvalue weighted by Gasteiger charge is -2.40. The number of primary amides is 1. The second kappa shape index (κ2) is 7.81. The number of hydrogen-bond donors (Lipinski definition) is 3. The van der Waals surface area contributed by atoms with Crippen LogP contribution in [0.25, 0.3) is 11.0 Å². The molecule has 4 N–H and O–H groups in total. The summed E-state index contributed by atoms with van der Waals surface area (Å²) in [7, 11) is 3.48. The van der Waals surface area contributed by atoms with Gasteiger partial charge in [-0.1, -0.05) is 0 Å². The number of pyridine rings is 2. The molecule has 5 rings (SSSR count). The molecule has 0 unspecified atom stereocenters. The van der Waals surface area contributed by atoms with Crippen LogP contribution in [-0.4, -0.2) is 63.9 Å². The van der Waals surface area contributed by atoms with Crippen LogP contribution in [0, 0.1) is 0 Å². The summed E-state index contributed by atoms with van der Waals surface area (Å²) in [6.45, 7) is 0. The van der Waals surface area contributed by atoms with Gasteiger partial charge in [0.2, 0.25) is 0 Å². The van der Waals surface area contributed by atoms with Gasteiger partial charge in [-0.05, 0) is 43.9 Å². The van der Waals surface area contributed by atoms with Crippen LogP contribution in [0.4, 0.5) is 11.5 Å². The van der Waals surface area contributed by atoms with Gasteiger partial charge < -0.3 is 25.8 Å². The number of aromatic amines is 1. The molecule has 2 aliphatic heterocycles. The Bertz CT molecular complexity index is 1160. The van der Waals surface area contributed by atoms with E-state index in [0.717, 1.165) is 48.2 Å². The molecule has 166 valence electrons. The Morgan fingerprint density at radius 1 is 1.12 bits per heavy atom. The van der Waals surface area contributed by atoms with Gasteiger partial charge in [0, 0.05) is 56.2 Å². The Balaban J connectivity index is 1.36. The molecule has 2 amide bonds. The number of fused-ring (bicyclic) bond motifs is 3. The summed E-state index contributed by atoms with van der Waals surface area (Å²) in [5, 5.41) is 4.49. The van der Waals surface area contributed by atoms with E-state index in [-0.39, 0.29) is 11.9 Å². The molecular formula is C23H27N7O2. The third kappa shape index (κ3) is 3.43. The standard InChI is InChI=1S/C23H27N7O2/c1-29(2)23(32)13-3-6-19(26-11-13)30-15-4-5-16(30)10-14(9-15)28-20-17-7-8-25-22(17)27-12-18(20)21(24)31/h3,6-8,11-12,14-16H,4-5,9-10H2,1-2H3,(H2,24,31)(H2,25,27,28)/t14-,15-,16+. The van der Waals surface area contributed by atoms with Crippen LogP contribution in [0.15, 0.2) is 36.8 Å². The topological polar surface area (TPSA) is 120 Å². The van der Waals surface area contributed by atoms with Gasteiger partial charge in [0.15, 0.2) is 0 Å². The molecule has 2 bridgehead atoms. The monoisotopic (exact) mass is 433 g/mol. The second-order valence-electron chi connectivity index (χ2n) is 8.86. The Labute approximate surface area is 186 Å². The highest BCUT2D eigenvalue weighted by Crippen LogP contribution is 2.40. The molecular weight excluding hydrogens is 406 g/mol. The van der Waals surface area contributed by atoms with Crippen molar-refractivity contribution in [3.05, 3.63) is 47.9 Å². The molecule has 2 aliphatic rings. The number of aromatic nitrogens is 3. The van der Waals surface area contributed by atoms with E-state index in [1.54, 1.807) is 25.2 Å². The summed E-state index contributed by atoms with van der Waals surface area (Å²) in [6.07, 6.45) is 9.08. The highest BCUT2D eigenvalue weighted by atomic mass is 16.2. The van der Waals surface area contributed by atoms with Gasteiger partial charge in [-0.2, -0.15) is 0 Å². The lowest BCUT2D eigenvalue weighted by molar-refractivity contribution is 0.0827. The van der Waals surface area contributed by atoms with Crippen LogP contribution in [0.1, 0.15) is 46.4 Å². The maximum Gasteiger partial charge on any atom is 0.254 e. The summed E-state index contributed by atoms with van der Waals surface area (Å²) in [6, 6.07) is 6.66. The first-order chi connectivity index (χ1) is 15.4. The molecule has 0 spiro atoms. The van der Waals surface area contributed by atoms with E-state index in [4.69, 9.17) is 5.73 Å². The van der Waals surface area contributed by atoms with Crippen molar-refractivity contribution in [2.45, 2.75) is 43.8 Å². The van der Waals surface area contributed by atoms with E-state index in [1.165, 1.54) is 6.20 Å². The minimum absolute atomic E-state index is 0.0476. The zero-order valence-corrected chi connectivity index (χ0v) is 18.2. The fourth-order valence-corrected chi connectivity index (χ4v) is 5.15. The molecule has 5 heterocycles. The first-order valence-corrected chi connectivity index (χ1v) is 10.9. The average Bonchev–Trinajstić information content (AvgIpc) is 3.36. The zero-order valence-electron chi connectivity index (χ0n) is 18.2. The third-order valence-corrected chi connectivity index (χ3v) is 6.60. The minimum Gasteiger partial charge on any atom is -0.381 e. The lowest BCUT2D eigenvalue weighted by atomic mass is 9.96. The number of anilines is 2. The first kappa shape index (κ1) is 20.3. The van der Waals surface area contributed by atoms with Gasteiger partial charge in [-0.25, -0.2) is 9.97 Å². The van der Waals surface area contributed by atoms with E-state index in [1.807, 2.05) is 24.4 Å². The number of carbonyl (C=O) groups is 2. The quantitative estimate of drug-likeness (QED) is 0.568. The molecule has 3 atom stereocenters. The van der Waals surface area contributed by atoms with Crippen molar-refractivity contribution in [1.82, 2.24) is 19.9 Å². The predicted molar refractivity (Wildman–Crippen MR) is 123 cm³/mol. The van der Waals surface area contributed by atoms with Crippen LogP contribution in [0.5, 0.6) is 0 Å². The highest BCUT2D eigenvalue weighted by molar-refractivity contribution is 6.06. The van der Waals surface area contributed by atoms with E-state index < -0.39 is 5.91 Å². The molecule has 0 aliphatic carbocycles. The summed E-state index contributed by atoms with van der Waals surface area (Å²) in [4.78, 5) is 40.1. The van der Waals surface area contributed by atoms with Crippen LogP contribution < -0.4 is 16.0 Å². The van der Waals surface area contributed by atoms with Gasteiger partial charge in [0.1, 0.15) is 11.5 Å². The van der Waals surface area contributed by atoms with Crippen molar-refractivity contribution in [3.63, 3.8) is 0 Å². The number of carbonyl (C=O) groups excluding carboxylic acids is 2. The van der Waals surface area contributed by atoms with E-state index >= 15 is 0 Å². The molecule has 2 fully saturated rings. The van der Waals surface area contributed by atoms with Crippen molar-refractivity contribution in [2.75, 3.05) is 24.3 Å². The maximum atomic E-state index is 12.2. The zero-order chi connectivity index (χ0) is 22.4. The number of H-pyrrole nitrogens is 1. The largest absolute Gasteiger partial charge is 0.381 e. The second-order valence-corrected chi connectivity index (χ2v) is 8.86. The Kier molecular flexibility index (Phi) is 4.96. The summed E-state index contributed by atoms with van der Waals surface area (Å²) >= 11 is 0. The first-order valence-electron chi connectivity index (χ1n) is 10.9. The molecule has 3 aromatic rings. The van der Waals surface area contributed by atoms with Crippen molar-refractivity contribution >= 4 is 34.4 Å². The van der Waals surface area contributed by atoms with Crippen LogP contribution in [0.2, 0.25) is 0 Å². The van der Waals surface area contributed by atoms with Crippen LogP contribution >= 0.6 is 0 Å². The number of hydrogen-bond acceptors (Lipinski definition) is 6. The van der Waals surface area contributed by atoms with Crippen molar-refractivity contribution in [3.8, 4) is 0 Å². The SMILES string of the molecule is CN(C)C(=O)c1ccc(N2[C@@H]3CC[C@H]2C[C@H](Nc2c(C(N)=O)cnc4[nH]ccc24)C3)nc1. The van der Waals surface area contributed by atoms with Crippen molar-refractivity contribution in [1.29, 1.82) is 0 Å². The smallest absolute Gasteiger partial charge is 0.254 e. The number of nitrogens with one attached hydrogen (secondary N) is 2. The van der Waals surface area contributed by atoms with Gasteiger partial charge in [0.25, 0.3) is 11.8 Å². The fourth-order valence-electron chi connectivity index (χ4n) is 5.15. The number of nitrogens with zero attached hydrogens (tertiary/aromatic N) is 4. The summed E-state index contributed by atoms with van der Waals surface area (Å²) in [5.74, 6) is 0.384. The maximum absolute atomic E-state index is 12.2. The molecule has 9 nitrogen and oxygen atoms in total. The summed E-state index contributed by atoms with van der Waals surface area (Å²) < 4.78 is 0. The molecule has 9 heteroatoms. The highest BCUT2D eigenvalue weighted by Gasteiger charge is 2.41. The normalized spacial score (nSPS) is 22.2. The minimum atomic E-state index is -0.486. The Morgan fingerprint density at radius 2 is 1.88 bits per heavy atom. The number of rotatable bonds is 5. The van der Waals surface area contributed by atoms with E-state index in [9.17, 15) is 9.59 Å². The lowest BCUT2D eigenvalue weighted by Crippen LogP contribution is -2.47. The average molecular weight is 434 g/mol.